The van der Waals surface area contributed by atoms with Crippen molar-refractivity contribution in [3.05, 3.63) is 275 Å². The zero-order chi connectivity index (χ0) is 57.2. The molecule has 0 saturated heterocycles. The number of rotatable bonds is 11. The minimum atomic E-state index is -3.37. The van der Waals surface area contributed by atoms with Crippen LogP contribution in [0.15, 0.2) is 231 Å². The maximum absolute atomic E-state index is 13.6. The van der Waals surface area contributed by atoms with Crippen molar-refractivity contribution in [1.82, 2.24) is 0 Å². The van der Waals surface area contributed by atoms with E-state index >= 15 is 0 Å². The summed E-state index contributed by atoms with van der Waals surface area (Å²) in [6.45, 7) is 16.9. The lowest BCUT2D eigenvalue weighted by Crippen LogP contribution is -2.75. The van der Waals surface area contributed by atoms with Crippen molar-refractivity contribution in [2.45, 2.75) is 55.4 Å². The van der Waals surface area contributed by atoms with Crippen LogP contribution in [0.2, 0.25) is 0 Å². The van der Waals surface area contributed by atoms with Gasteiger partial charge in [0.1, 0.15) is 23.0 Å². The lowest BCUT2D eigenvalue weighted by Gasteiger charge is -2.36. The molecule has 0 aliphatic carbocycles. The van der Waals surface area contributed by atoms with Crippen LogP contribution in [0.1, 0.15) is 44.5 Å². The Morgan fingerprint density at radius 2 is 0.488 bits per heavy atom. The van der Waals surface area contributed by atoms with Crippen LogP contribution in [-0.2, 0) is 0 Å². The van der Waals surface area contributed by atoms with E-state index in [0.717, 1.165) is 108 Å². The second kappa shape index (κ2) is 21.0. The zero-order valence-electron chi connectivity index (χ0n) is 47.7. The molecule has 0 amide bonds. The molecule has 6 heteroatoms. The van der Waals surface area contributed by atoms with Gasteiger partial charge in [-0.1, -0.05) is 251 Å². The van der Waals surface area contributed by atoms with Crippen molar-refractivity contribution in [2.24, 2.45) is 0 Å². The number of aryl methyl sites for hydroxylation is 8. The maximum atomic E-state index is 13.6. The molecule has 0 aliphatic rings. The first-order valence-corrected chi connectivity index (χ1v) is 32.2. The lowest BCUT2D eigenvalue weighted by molar-refractivity contribution is 0.468. The molecule has 12 aromatic rings. The predicted molar refractivity (Wildman–Crippen MR) is 350 cm³/mol. The summed E-state index contributed by atoms with van der Waals surface area (Å²) in [6.07, 6.45) is 0. The molecule has 4 N–H and O–H groups in total. The largest absolute Gasteiger partial charge is 0.507 e. The van der Waals surface area contributed by atoms with E-state index in [1.165, 1.54) is 0 Å². The van der Waals surface area contributed by atoms with Crippen LogP contribution >= 0.6 is 0 Å². The monoisotopic (exact) mass is 1100 g/mol. The second-order valence-electron chi connectivity index (χ2n) is 22.9. The van der Waals surface area contributed by atoms with E-state index in [4.69, 9.17) is 0 Å². The number of phenolic OH excluding ortho intramolecular Hbond substituents is 4. The molecule has 12 aromatic carbocycles. The molecule has 82 heavy (non-hydrogen) atoms. The molecule has 0 spiro atoms. The Bertz CT molecular complexity index is 4010. The van der Waals surface area contributed by atoms with Gasteiger partial charge in [0.15, 0.2) is 16.1 Å². The molecule has 0 unspecified atom stereocenters. The molecule has 0 atom stereocenters. The van der Waals surface area contributed by atoms with Gasteiger partial charge in [0.25, 0.3) is 0 Å². The van der Waals surface area contributed by atoms with Crippen LogP contribution in [0.25, 0.3) is 54.9 Å². The number of hydrogen-bond acceptors (Lipinski definition) is 4. The van der Waals surface area contributed by atoms with Gasteiger partial charge in [-0.15, -0.1) is 0 Å². The van der Waals surface area contributed by atoms with Crippen molar-refractivity contribution >= 4 is 79.2 Å². The van der Waals surface area contributed by atoms with Crippen LogP contribution in [-0.4, -0.2) is 36.6 Å². The van der Waals surface area contributed by atoms with Crippen molar-refractivity contribution in [3.8, 4) is 56.4 Å². The summed E-state index contributed by atoms with van der Waals surface area (Å²) in [5.41, 5.74) is 11.2. The summed E-state index contributed by atoms with van der Waals surface area (Å²) < 4.78 is 0. The van der Waals surface area contributed by atoms with E-state index in [0.29, 0.717) is 33.4 Å². The summed E-state index contributed by atoms with van der Waals surface area (Å²) >= 11 is 0. The van der Waals surface area contributed by atoms with Crippen molar-refractivity contribution in [2.75, 3.05) is 0 Å². The fraction of sp³-hybridized carbons (Fsp3) is 0.105. The number of hydrogen-bond donors (Lipinski definition) is 4. The SMILES string of the molecule is Cc1cccc([Si](c2cccc(C)c2)(c2cccc(C)c2)c2cc(C)cc(-c3cc4ccccc4c(-c4c(O)c(-c5cc(C)cc([Si](c6cccc(C)c6)(c6cccc(C)c6)c6cccc(C)c6)c5O)cc5ccccc45)c3O)c2O)c1. The Labute approximate surface area is 483 Å². The van der Waals surface area contributed by atoms with Gasteiger partial charge in [-0.25, -0.2) is 0 Å². The first-order chi connectivity index (χ1) is 39.6. The minimum Gasteiger partial charge on any atom is -0.507 e. The Balaban J connectivity index is 1.16. The summed E-state index contributed by atoms with van der Waals surface area (Å²) in [5, 5.41) is 65.7. The van der Waals surface area contributed by atoms with Crippen molar-refractivity contribution < 1.29 is 20.4 Å². The normalized spacial score (nSPS) is 11.9. The third-order valence-electron chi connectivity index (χ3n) is 16.9. The van der Waals surface area contributed by atoms with E-state index in [1.807, 2.05) is 72.8 Å². The van der Waals surface area contributed by atoms with Crippen LogP contribution in [0.5, 0.6) is 23.0 Å². The molecule has 12 rings (SSSR count). The van der Waals surface area contributed by atoms with E-state index < -0.39 is 16.1 Å². The highest BCUT2D eigenvalue weighted by Gasteiger charge is 2.46. The van der Waals surface area contributed by atoms with Crippen molar-refractivity contribution in [3.63, 3.8) is 0 Å². The van der Waals surface area contributed by atoms with Crippen molar-refractivity contribution in [1.29, 1.82) is 0 Å². The highest BCUT2D eigenvalue weighted by atomic mass is 28.3. The molecule has 402 valence electrons. The molecular formula is C76H66O4Si2. The molecule has 0 fully saturated rings. The summed E-state index contributed by atoms with van der Waals surface area (Å²) in [7, 11) is -6.74. The van der Waals surface area contributed by atoms with Crippen LogP contribution in [0.4, 0.5) is 0 Å². The van der Waals surface area contributed by atoms with Crippen LogP contribution < -0.4 is 41.5 Å². The lowest BCUT2D eigenvalue weighted by atomic mass is 9.86. The summed E-state index contributed by atoms with van der Waals surface area (Å²) in [6, 6.07) is 80.4. The fourth-order valence-electron chi connectivity index (χ4n) is 13.3. The maximum Gasteiger partial charge on any atom is 0.184 e. The van der Waals surface area contributed by atoms with E-state index in [-0.39, 0.29) is 23.0 Å². The summed E-state index contributed by atoms with van der Waals surface area (Å²) in [4.78, 5) is 0. The topological polar surface area (TPSA) is 80.9 Å². The molecular weight excluding hydrogens is 1030 g/mol. The van der Waals surface area contributed by atoms with Gasteiger partial charge in [0, 0.05) is 33.4 Å². The predicted octanol–water partition coefficient (Wildman–Crippen LogP) is 13.0. The molecule has 0 heterocycles. The second-order valence-corrected chi connectivity index (χ2v) is 30.4. The van der Waals surface area contributed by atoms with Gasteiger partial charge in [-0.3, -0.25) is 0 Å². The number of benzene rings is 12. The smallest absolute Gasteiger partial charge is 0.184 e. The molecule has 0 aliphatic heterocycles. The van der Waals surface area contributed by atoms with Gasteiger partial charge in [0.2, 0.25) is 0 Å². The molecule has 0 aromatic heterocycles. The highest BCUT2D eigenvalue weighted by molar-refractivity contribution is 7.21. The quantitative estimate of drug-likeness (QED) is 0.0769. The van der Waals surface area contributed by atoms with Crippen LogP contribution in [0, 0.1) is 55.4 Å². The molecule has 4 nitrogen and oxygen atoms in total. The van der Waals surface area contributed by atoms with E-state index in [2.05, 4.69) is 213 Å². The number of aromatic hydroxyl groups is 4. The fourth-order valence-corrected chi connectivity index (χ4v) is 23.8. The number of fused-ring (bicyclic) bond motifs is 2. The molecule has 0 bridgehead atoms. The Morgan fingerprint density at radius 3 is 0.756 bits per heavy atom. The first kappa shape index (κ1) is 53.4. The average Bonchev–Trinajstić information content (AvgIpc) is 2.50. The summed E-state index contributed by atoms with van der Waals surface area (Å²) in [5.74, 6) is -0.00399. The zero-order valence-corrected chi connectivity index (χ0v) is 49.7. The first-order valence-electron chi connectivity index (χ1n) is 28.2. The average molecular weight is 1100 g/mol. The van der Waals surface area contributed by atoms with E-state index in [9.17, 15) is 20.4 Å². The van der Waals surface area contributed by atoms with Gasteiger partial charge < -0.3 is 20.4 Å². The Hall–Kier alpha value is -9.21. The van der Waals surface area contributed by atoms with Gasteiger partial charge in [-0.05, 0) is 143 Å². The number of phenols is 4. The molecule has 0 saturated carbocycles. The minimum absolute atomic E-state index is 0.0850. The third kappa shape index (κ3) is 8.90. The van der Waals surface area contributed by atoms with E-state index in [1.54, 1.807) is 0 Å². The Morgan fingerprint density at radius 1 is 0.232 bits per heavy atom. The Kier molecular flexibility index (Phi) is 13.7. The van der Waals surface area contributed by atoms with Gasteiger partial charge in [-0.2, -0.15) is 0 Å². The third-order valence-corrected chi connectivity index (χ3v) is 26.3. The molecule has 0 radical (unpaired) electrons. The van der Waals surface area contributed by atoms with Crippen LogP contribution in [0.3, 0.4) is 0 Å². The van der Waals surface area contributed by atoms with Gasteiger partial charge in [0.05, 0.1) is 0 Å². The highest BCUT2D eigenvalue weighted by Crippen LogP contribution is 2.53. The standard InChI is InChI=1S/C76H66O4Si2/c1-47-19-13-27-57(35-47)81(58-28-14-20-48(2)36-58,59-29-15-21-49(3)37-59)69-43-53(7)41-65(73(69)77)67-45-55-25-9-11-33-63(55)71(75(67)79)72-64-34-12-10-26-56(64)46-68(76(72)80)66-42-54(8)44-70(74(66)78)82(60-30-16-22-50(4)38-60,61-31-17-23-51(5)39-61)62-32-18-24-52(6)40-62/h9-46,77-80H,1-8H3. The van der Waals surface area contributed by atoms with Gasteiger partial charge >= 0.3 is 0 Å².